The van der Waals surface area contributed by atoms with Gasteiger partial charge in [0.1, 0.15) is 0 Å². The highest BCUT2D eigenvalue weighted by Crippen LogP contribution is 2.01. The van der Waals surface area contributed by atoms with Crippen molar-refractivity contribution in [2.24, 2.45) is 0 Å². The van der Waals surface area contributed by atoms with Gasteiger partial charge in [-0.25, -0.2) is 0 Å². The Morgan fingerprint density at radius 1 is 1.44 bits per heavy atom. The number of carbonyl (C=O) groups excluding carboxylic acids is 1. The topological polar surface area (TPSA) is 30.0 Å². The first-order chi connectivity index (χ1) is 4.30. The molecule has 2 nitrogen and oxygen atoms in total. The summed E-state index contributed by atoms with van der Waals surface area (Å²) in [6.07, 6.45) is 3.19. The summed E-state index contributed by atoms with van der Waals surface area (Å²) in [6, 6.07) is 3.35. The number of hydrogen-bond donors (Lipinski definition) is 0. The van der Waals surface area contributed by atoms with Crippen LogP contribution < -0.4 is 0 Å². The third kappa shape index (κ3) is 1.58. The van der Waals surface area contributed by atoms with Gasteiger partial charge in [0.15, 0.2) is 5.52 Å². The van der Waals surface area contributed by atoms with E-state index in [9.17, 15) is 4.79 Å². The van der Waals surface area contributed by atoms with Crippen LogP contribution in [0.3, 0.4) is 0 Å². The SMILES string of the molecule is O=C(P)c1ccncc1. The van der Waals surface area contributed by atoms with E-state index in [1.54, 1.807) is 24.5 Å². The summed E-state index contributed by atoms with van der Waals surface area (Å²) in [7, 11) is 2.11. The van der Waals surface area contributed by atoms with Gasteiger partial charge in [0.25, 0.3) is 0 Å². The second-order valence-electron chi connectivity index (χ2n) is 1.60. The average Bonchev–Trinajstić information content (AvgIpc) is 1.90. The third-order valence-electron chi connectivity index (χ3n) is 0.965. The zero-order valence-corrected chi connectivity index (χ0v) is 5.90. The second kappa shape index (κ2) is 2.70. The van der Waals surface area contributed by atoms with E-state index in [-0.39, 0.29) is 5.52 Å². The Morgan fingerprint density at radius 3 is 2.33 bits per heavy atom. The predicted octanol–water partition coefficient (Wildman–Crippen LogP) is 1.10. The van der Waals surface area contributed by atoms with Crippen molar-refractivity contribution >= 4 is 14.8 Å². The Morgan fingerprint density at radius 2 is 2.00 bits per heavy atom. The van der Waals surface area contributed by atoms with Gasteiger partial charge in [0.05, 0.1) is 0 Å². The van der Waals surface area contributed by atoms with Gasteiger partial charge in [-0.15, -0.1) is 0 Å². The van der Waals surface area contributed by atoms with E-state index in [2.05, 4.69) is 14.2 Å². The molecule has 3 heteroatoms. The zero-order valence-electron chi connectivity index (χ0n) is 4.74. The summed E-state index contributed by atoms with van der Waals surface area (Å²) < 4.78 is 0. The van der Waals surface area contributed by atoms with Gasteiger partial charge in [-0.05, 0) is 12.1 Å². The maximum absolute atomic E-state index is 10.6. The minimum atomic E-state index is -0.00241. The molecule has 0 aliphatic heterocycles. The van der Waals surface area contributed by atoms with E-state index in [1.807, 2.05) is 0 Å². The molecule has 0 bridgehead atoms. The summed E-state index contributed by atoms with van der Waals surface area (Å²) in [5, 5.41) is 0. The monoisotopic (exact) mass is 139 g/mol. The fraction of sp³-hybridized carbons (Fsp3) is 0. The number of rotatable bonds is 1. The van der Waals surface area contributed by atoms with Crippen LogP contribution in [0.25, 0.3) is 0 Å². The summed E-state index contributed by atoms with van der Waals surface area (Å²) in [6.45, 7) is 0. The lowest BCUT2D eigenvalue weighted by molar-refractivity contribution is 0.108. The molecular weight excluding hydrogens is 133 g/mol. The molecule has 0 spiro atoms. The predicted molar refractivity (Wildman–Crippen MR) is 38.3 cm³/mol. The molecule has 0 saturated heterocycles. The van der Waals surface area contributed by atoms with Crippen molar-refractivity contribution in [3.63, 3.8) is 0 Å². The second-order valence-corrected chi connectivity index (χ2v) is 2.12. The molecule has 0 N–H and O–H groups in total. The van der Waals surface area contributed by atoms with Gasteiger partial charge >= 0.3 is 0 Å². The van der Waals surface area contributed by atoms with Crippen LogP contribution in [-0.2, 0) is 0 Å². The molecule has 46 valence electrons. The Hall–Kier alpha value is -0.750. The molecule has 0 aliphatic rings. The highest BCUT2D eigenvalue weighted by atomic mass is 31.0. The molecule has 1 unspecified atom stereocenters. The fourth-order valence-electron chi connectivity index (χ4n) is 0.516. The van der Waals surface area contributed by atoms with Crippen LogP contribution in [0.4, 0.5) is 0 Å². The van der Waals surface area contributed by atoms with Crippen LogP contribution >= 0.6 is 9.24 Å². The summed E-state index contributed by atoms with van der Waals surface area (Å²) in [4.78, 5) is 14.3. The summed E-state index contributed by atoms with van der Waals surface area (Å²) in [5.74, 6) is 0. The fourth-order valence-corrected chi connectivity index (χ4v) is 0.709. The molecule has 1 aromatic rings. The molecule has 0 saturated carbocycles. The Labute approximate surface area is 55.5 Å². The van der Waals surface area contributed by atoms with Crippen molar-refractivity contribution in [3.8, 4) is 0 Å². The van der Waals surface area contributed by atoms with Gasteiger partial charge in [-0.3, -0.25) is 9.78 Å². The summed E-state index contributed by atoms with van der Waals surface area (Å²) in [5.41, 5.74) is 0.674. The average molecular weight is 139 g/mol. The van der Waals surface area contributed by atoms with Gasteiger partial charge < -0.3 is 0 Å². The Bertz CT molecular complexity index is 210. The maximum Gasteiger partial charge on any atom is 0.178 e. The number of carbonyl (C=O) groups is 1. The van der Waals surface area contributed by atoms with Gasteiger partial charge in [0, 0.05) is 18.0 Å². The normalized spacial score (nSPS) is 9.00. The van der Waals surface area contributed by atoms with Crippen molar-refractivity contribution in [2.45, 2.75) is 0 Å². The van der Waals surface area contributed by atoms with Crippen molar-refractivity contribution in [3.05, 3.63) is 30.1 Å². The number of pyridine rings is 1. The standard InChI is InChI=1S/C6H6NOP/c8-6(9)5-1-3-7-4-2-5/h1-4H,9H2. The van der Waals surface area contributed by atoms with Crippen molar-refractivity contribution in [2.75, 3.05) is 0 Å². The molecule has 1 rings (SSSR count). The lowest BCUT2D eigenvalue weighted by Gasteiger charge is -1.88. The maximum atomic E-state index is 10.6. The summed E-state index contributed by atoms with van der Waals surface area (Å²) >= 11 is 0. The van der Waals surface area contributed by atoms with E-state index in [0.29, 0.717) is 5.56 Å². The molecule has 1 heterocycles. The van der Waals surface area contributed by atoms with Crippen LogP contribution in [0.15, 0.2) is 24.5 Å². The highest BCUT2D eigenvalue weighted by molar-refractivity contribution is 7.41. The van der Waals surface area contributed by atoms with Crippen molar-refractivity contribution < 1.29 is 4.79 Å². The molecular formula is C6H6NOP. The minimum Gasteiger partial charge on any atom is -0.290 e. The number of hydrogen-bond acceptors (Lipinski definition) is 2. The molecule has 0 fully saturated rings. The van der Waals surface area contributed by atoms with Gasteiger partial charge in [-0.2, -0.15) is 0 Å². The van der Waals surface area contributed by atoms with E-state index in [0.717, 1.165) is 0 Å². The largest absolute Gasteiger partial charge is 0.290 e. The number of nitrogens with zero attached hydrogens (tertiary/aromatic N) is 1. The van der Waals surface area contributed by atoms with Crippen LogP contribution in [0.2, 0.25) is 0 Å². The third-order valence-corrected chi connectivity index (χ3v) is 1.30. The van der Waals surface area contributed by atoms with Gasteiger partial charge in [0.2, 0.25) is 0 Å². The zero-order chi connectivity index (χ0) is 6.69. The lowest BCUT2D eigenvalue weighted by Crippen LogP contribution is -1.85. The van der Waals surface area contributed by atoms with Crippen LogP contribution in [0.5, 0.6) is 0 Å². The van der Waals surface area contributed by atoms with Crippen LogP contribution in [0.1, 0.15) is 10.4 Å². The first-order valence-corrected chi connectivity index (χ1v) is 3.08. The van der Waals surface area contributed by atoms with Crippen LogP contribution in [-0.4, -0.2) is 10.5 Å². The lowest BCUT2D eigenvalue weighted by atomic mass is 10.3. The van der Waals surface area contributed by atoms with Crippen LogP contribution in [0, 0.1) is 0 Å². The Balaban J connectivity index is 2.98. The minimum absolute atomic E-state index is 0.00241. The quantitative estimate of drug-likeness (QED) is 0.545. The van der Waals surface area contributed by atoms with E-state index >= 15 is 0 Å². The molecule has 1 atom stereocenters. The first kappa shape index (κ1) is 6.37. The van der Waals surface area contributed by atoms with E-state index in [4.69, 9.17) is 0 Å². The Kier molecular flexibility index (Phi) is 1.91. The first-order valence-electron chi connectivity index (χ1n) is 2.50. The number of aromatic nitrogens is 1. The molecule has 9 heavy (non-hydrogen) atoms. The molecule has 0 radical (unpaired) electrons. The van der Waals surface area contributed by atoms with Gasteiger partial charge in [-0.1, -0.05) is 9.24 Å². The van der Waals surface area contributed by atoms with E-state index in [1.165, 1.54) is 0 Å². The smallest absolute Gasteiger partial charge is 0.178 e. The van der Waals surface area contributed by atoms with Crippen molar-refractivity contribution in [1.29, 1.82) is 0 Å². The molecule has 0 aliphatic carbocycles. The van der Waals surface area contributed by atoms with E-state index < -0.39 is 0 Å². The molecule has 0 aromatic carbocycles. The molecule has 0 amide bonds. The van der Waals surface area contributed by atoms with Crippen molar-refractivity contribution in [1.82, 2.24) is 4.98 Å². The highest BCUT2D eigenvalue weighted by Gasteiger charge is 1.93. The molecule has 1 aromatic heterocycles.